The summed E-state index contributed by atoms with van der Waals surface area (Å²) in [4.78, 5) is 50.8. The topological polar surface area (TPSA) is 102 Å². The molecule has 1 saturated heterocycles. The third-order valence-electron chi connectivity index (χ3n) is 5.72. The van der Waals surface area contributed by atoms with E-state index in [1.54, 1.807) is 30.3 Å². The highest BCUT2D eigenvalue weighted by Crippen LogP contribution is 2.27. The number of nitrogens with one attached hydrogen (secondary N) is 1. The van der Waals surface area contributed by atoms with Gasteiger partial charge in [0.05, 0.1) is 18.1 Å². The molecule has 0 aromatic heterocycles. The number of esters is 2. The lowest BCUT2D eigenvalue weighted by Gasteiger charge is -2.17. The number of carbonyl (C=O) groups excluding carboxylic acids is 4. The quantitative estimate of drug-likeness (QED) is 0.496. The molecule has 1 N–H and O–H groups in total. The van der Waals surface area contributed by atoms with Crippen molar-refractivity contribution in [2.75, 3.05) is 30.0 Å². The first-order chi connectivity index (χ1) is 17.0. The molecule has 0 spiro atoms. The summed E-state index contributed by atoms with van der Waals surface area (Å²) in [7, 11) is 0. The first kappa shape index (κ1) is 23.9. The Hall–Kier alpha value is -4.20. The van der Waals surface area contributed by atoms with Crippen LogP contribution in [0, 0.1) is 5.92 Å². The molecule has 180 valence electrons. The van der Waals surface area contributed by atoms with Crippen LogP contribution in [0.1, 0.15) is 30.1 Å². The van der Waals surface area contributed by atoms with Crippen LogP contribution in [0.4, 0.5) is 11.4 Å². The van der Waals surface area contributed by atoms with Crippen LogP contribution in [0.5, 0.6) is 0 Å². The van der Waals surface area contributed by atoms with E-state index in [2.05, 4.69) is 5.32 Å². The van der Waals surface area contributed by atoms with Crippen molar-refractivity contribution in [1.29, 1.82) is 0 Å². The zero-order valence-corrected chi connectivity index (χ0v) is 19.4. The van der Waals surface area contributed by atoms with Crippen molar-refractivity contribution < 1.29 is 28.7 Å². The third-order valence-corrected chi connectivity index (χ3v) is 5.72. The highest BCUT2D eigenvalue weighted by atomic mass is 16.5. The Morgan fingerprint density at radius 2 is 1.71 bits per heavy atom. The molecule has 0 bridgehead atoms. The van der Waals surface area contributed by atoms with E-state index in [1.807, 2.05) is 43.3 Å². The van der Waals surface area contributed by atoms with E-state index in [0.717, 1.165) is 17.2 Å². The van der Waals surface area contributed by atoms with Gasteiger partial charge in [0.2, 0.25) is 5.91 Å². The zero-order chi connectivity index (χ0) is 24.8. The molecule has 1 atom stereocenters. The lowest BCUT2D eigenvalue weighted by Crippen LogP contribution is -2.28. The Labute approximate surface area is 202 Å². The van der Waals surface area contributed by atoms with Crippen molar-refractivity contribution >= 4 is 45.9 Å². The SMILES string of the molecule is CCCOC(=O)c1ccc(N2C[C@H](C(=O)OCC(=O)Nc3cccc4ccccc34)CC2=O)cc1. The summed E-state index contributed by atoms with van der Waals surface area (Å²) in [6.07, 6.45) is 0.721. The van der Waals surface area contributed by atoms with E-state index < -0.39 is 30.4 Å². The Bertz CT molecular complexity index is 1250. The molecule has 1 aliphatic rings. The van der Waals surface area contributed by atoms with Crippen molar-refractivity contribution in [1.82, 2.24) is 0 Å². The molecule has 1 fully saturated rings. The summed E-state index contributed by atoms with van der Waals surface area (Å²) in [6.45, 7) is 1.95. The van der Waals surface area contributed by atoms with Crippen LogP contribution >= 0.6 is 0 Å². The fraction of sp³-hybridized carbons (Fsp3) is 0.259. The fourth-order valence-electron chi connectivity index (χ4n) is 3.95. The van der Waals surface area contributed by atoms with Gasteiger partial charge >= 0.3 is 11.9 Å². The normalized spacial score (nSPS) is 15.2. The average Bonchev–Trinajstić information content (AvgIpc) is 3.27. The molecule has 0 aliphatic carbocycles. The van der Waals surface area contributed by atoms with Crippen molar-refractivity contribution in [2.45, 2.75) is 19.8 Å². The van der Waals surface area contributed by atoms with Gasteiger partial charge in [-0.05, 0) is 42.1 Å². The number of anilines is 2. The number of amides is 2. The van der Waals surface area contributed by atoms with Crippen LogP contribution in [0.3, 0.4) is 0 Å². The second-order valence-electron chi connectivity index (χ2n) is 8.27. The van der Waals surface area contributed by atoms with Crippen molar-refractivity contribution in [3.05, 3.63) is 72.3 Å². The highest BCUT2D eigenvalue weighted by Gasteiger charge is 2.36. The Balaban J connectivity index is 1.31. The van der Waals surface area contributed by atoms with Crippen molar-refractivity contribution in [3.63, 3.8) is 0 Å². The molecule has 1 heterocycles. The molecule has 4 rings (SSSR count). The number of carbonyl (C=O) groups is 4. The molecule has 0 radical (unpaired) electrons. The number of hydrogen-bond donors (Lipinski definition) is 1. The van der Waals surface area contributed by atoms with Crippen molar-refractivity contribution in [3.8, 4) is 0 Å². The minimum atomic E-state index is -0.679. The van der Waals surface area contributed by atoms with Gasteiger partial charge in [0, 0.05) is 29.7 Å². The molecule has 8 heteroatoms. The van der Waals surface area contributed by atoms with Crippen LogP contribution in [0.25, 0.3) is 10.8 Å². The number of benzene rings is 3. The Morgan fingerprint density at radius 1 is 0.971 bits per heavy atom. The van der Waals surface area contributed by atoms with Crippen LogP contribution in [0.15, 0.2) is 66.7 Å². The largest absolute Gasteiger partial charge is 0.462 e. The molecule has 0 unspecified atom stereocenters. The summed E-state index contributed by atoms with van der Waals surface area (Å²) in [5, 5.41) is 4.64. The van der Waals surface area contributed by atoms with Gasteiger partial charge in [0.15, 0.2) is 6.61 Å². The number of rotatable bonds is 8. The summed E-state index contributed by atoms with van der Waals surface area (Å²) < 4.78 is 10.3. The molecule has 0 saturated carbocycles. The minimum Gasteiger partial charge on any atom is -0.462 e. The summed E-state index contributed by atoms with van der Waals surface area (Å²) in [6, 6.07) is 19.7. The molecule has 3 aromatic rings. The zero-order valence-electron chi connectivity index (χ0n) is 19.4. The van der Waals surface area contributed by atoms with Crippen LogP contribution in [-0.2, 0) is 23.9 Å². The summed E-state index contributed by atoms with van der Waals surface area (Å²) in [5.41, 5.74) is 1.60. The second kappa shape index (κ2) is 10.8. The number of ether oxygens (including phenoxy) is 2. The Kier molecular flexibility index (Phi) is 7.40. The van der Waals surface area contributed by atoms with Gasteiger partial charge in [-0.3, -0.25) is 14.4 Å². The van der Waals surface area contributed by atoms with E-state index in [1.165, 1.54) is 4.90 Å². The number of nitrogens with zero attached hydrogens (tertiary/aromatic N) is 1. The van der Waals surface area contributed by atoms with E-state index in [-0.39, 0.29) is 18.9 Å². The van der Waals surface area contributed by atoms with Crippen LogP contribution in [-0.4, -0.2) is 43.5 Å². The maximum atomic E-state index is 12.5. The second-order valence-corrected chi connectivity index (χ2v) is 8.27. The third kappa shape index (κ3) is 5.66. The monoisotopic (exact) mass is 474 g/mol. The van der Waals surface area contributed by atoms with Crippen LogP contribution < -0.4 is 10.2 Å². The van der Waals surface area contributed by atoms with E-state index in [0.29, 0.717) is 23.5 Å². The Morgan fingerprint density at radius 3 is 2.49 bits per heavy atom. The summed E-state index contributed by atoms with van der Waals surface area (Å²) in [5.74, 6) is -2.39. The van der Waals surface area contributed by atoms with Gasteiger partial charge in [-0.2, -0.15) is 0 Å². The van der Waals surface area contributed by atoms with Gasteiger partial charge in [-0.1, -0.05) is 43.3 Å². The molecule has 2 amide bonds. The fourth-order valence-corrected chi connectivity index (χ4v) is 3.95. The molecule has 1 aliphatic heterocycles. The standard InChI is InChI=1S/C27H26N2O6/c1-2-14-34-26(32)19-10-12-21(13-11-19)29-16-20(15-25(29)31)27(33)35-17-24(30)28-23-9-5-7-18-6-3-4-8-22(18)23/h3-13,20H,2,14-17H2,1H3,(H,28,30)/t20-/m1/s1. The van der Waals surface area contributed by atoms with Gasteiger partial charge in [0.1, 0.15) is 0 Å². The van der Waals surface area contributed by atoms with Crippen LogP contribution in [0.2, 0.25) is 0 Å². The highest BCUT2D eigenvalue weighted by molar-refractivity contribution is 6.03. The van der Waals surface area contributed by atoms with Gasteiger partial charge in [-0.15, -0.1) is 0 Å². The maximum Gasteiger partial charge on any atom is 0.338 e. The lowest BCUT2D eigenvalue weighted by atomic mass is 10.1. The summed E-state index contributed by atoms with van der Waals surface area (Å²) >= 11 is 0. The lowest BCUT2D eigenvalue weighted by molar-refractivity contribution is -0.151. The van der Waals surface area contributed by atoms with Gasteiger partial charge in [0.25, 0.3) is 5.91 Å². The smallest absolute Gasteiger partial charge is 0.338 e. The van der Waals surface area contributed by atoms with Crippen molar-refractivity contribution in [2.24, 2.45) is 5.92 Å². The number of fused-ring (bicyclic) bond motifs is 1. The molecule has 3 aromatic carbocycles. The van der Waals surface area contributed by atoms with Gasteiger partial charge in [-0.25, -0.2) is 4.79 Å². The van der Waals surface area contributed by atoms with E-state index in [4.69, 9.17) is 9.47 Å². The maximum absolute atomic E-state index is 12.5. The minimum absolute atomic E-state index is 0.00985. The number of hydrogen-bond acceptors (Lipinski definition) is 6. The van der Waals surface area contributed by atoms with E-state index in [9.17, 15) is 19.2 Å². The van der Waals surface area contributed by atoms with Gasteiger partial charge < -0.3 is 19.7 Å². The molecule has 8 nitrogen and oxygen atoms in total. The average molecular weight is 475 g/mol. The molecule has 35 heavy (non-hydrogen) atoms. The molecular formula is C27H26N2O6. The first-order valence-electron chi connectivity index (χ1n) is 11.5. The predicted octanol–water partition coefficient (Wildman–Crippen LogP) is 3.94. The first-order valence-corrected chi connectivity index (χ1v) is 11.5. The molecular weight excluding hydrogens is 448 g/mol. The van der Waals surface area contributed by atoms with E-state index >= 15 is 0 Å². The predicted molar refractivity (Wildman–Crippen MR) is 131 cm³/mol.